The molecule has 0 aliphatic rings. The van der Waals surface area contributed by atoms with Crippen molar-refractivity contribution in [2.24, 2.45) is 0 Å². The number of aliphatic hydroxyl groups is 1. The van der Waals surface area contributed by atoms with Gasteiger partial charge >= 0.3 is 23.8 Å². The summed E-state index contributed by atoms with van der Waals surface area (Å²) in [6, 6.07) is 0. The maximum atomic E-state index is 12.4. The fraction of sp³-hybridized carbons (Fsp3) is 0.667. The molecule has 0 unspecified atom stereocenters. The topological polar surface area (TPSA) is 54.4 Å². The average Bonchev–Trinajstić information content (AvgIpc) is 2.13. The van der Waals surface area contributed by atoms with Gasteiger partial charge in [-0.1, -0.05) is 0 Å². The number of aliphatic hydroxyl groups excluding tert-OH is 1. The maximum Gasteiger partial charge on any atom is 0.456 e. The van der Waals surface area contributed by atoms with Gasteiger partial charge in [0.25, 0.3) is 5.78 Å². The molecule has 3 nitrogen and oxygen atoms in total. The molecule has 0 aliphatic carbocycles. The van der Waals surface area contributed by atoms with Gasteiger partial charge in [0.15, 0.2) is 0 Å². The molecule has 0 rings (SSSR count). The standard InChI is InChI=1S/C6H3F7O3/c7-4(8,1-14)2(15)5(9,10)3(16)6(11,12)13/h14H,1H2. The van der Waals surface area contributed by atoms with E-state index in [2.05, 4.69) is 0 Å². The molecule has 0 saturated carbocycles. The largest absolute Gasteiger partial charge is 0.456 e. The zero-order valence-corrected chi connectivity index (χ0v) is 7.12. The fourth-order valence-electron chi connectivity index (χ4n) is 0.583. The van der Waals surface area contributed by atoms with Crippen LogP contribution in [0.1, 0.15) is 0 Å². The zero-order chi connectivity index (χ0) is 13.4. The summed E-state index contributed by atoms with van der Waals surface area (Å²) in [6.07, 6.45) is -6.13. The fourth-order valence-corrected chi connectivity index (χ4v) is 0.583. The lowest BCUT2D eigenvalue weighted by atomic mass is 10.0. The van der Waals surface area contributed by atoms with Gasteiger partial charge in [-0.15, -0.1) is 0 Å². The predicted molar refractivity (Wildman–Crippen MR) is 33.0 cm³/mol. The predicted octanol–water partition coefficient (Wildman–Crippen LogP) is 0.950. The summed E-state index contributed by atoms with van der Waals surface area (Å²) in [6.45, 7) is -2.42. The Morgan fingerprint density at radius 3 is 1.50 bits per heavy atom. The molecule has 0 spiro atoms. The Morgan fingerprint density at radius 2 is 1.25 bits per heavy atom. The number of halogens is 7. The number of hydrogen-bond donors (Lipinski definition) is 1. The van der Waals surface area contributed by atoms with Gasteiger partial charge in [0.1, 0.15) is 6.61 Å². The summed E-state index contributed by atoms with van der Waals surface area (Å²) >= 11 is 0. The normalized spacial score (nSPS) is 13.8. The first kappa shape index (κ1) is 14.8. The molecule has 0 atom stereocenters. The van der Waals surface area contributed by atoms with Crippen LogP contribution in [0.15, 0.2) is 0 Å². The van der Waals surface area contributed by atoms with Crippen LogP contribution in [0.4, 0.5) is 30.7 Å². The van der Waals surface area contributed by atoms with Crippen molar-refractivity contribution in [3.05, 3.63) is 0 Å². The van der Waals surface area contributed by atoms with Crippen LogP contribution >= 0.6 is 0 Å². The van der Waals surface area contributed by atoms with Crippen LogP contribution in [0, 0.1) is 0 Å². The van der Waals surface area contributed by atoms with Gasteiger partial charge in [-0.2, -0.15) is 30.7 Å². The molecule has 0 aromatic rings. The molecule has 0 amide bonds. The van der Waals surface area contributed by atoms with Crippen LogP contribution in [0.3, 0.4) is 0 Å². The van der Waals surface area contributed by atoms with Crippen LogP contribution < -0.4 is 0 Å². The second-order valence-corrected chi connectivity index (χ2v) is 2.59. The number of Topliss-reactive ketones (excluding diaryl/α,β-unsaturated/α-hetero) is 2. The highest BCUT2D eigenvalue weighted by atomic mass is 19.4. The van der Waals surface area contributed by atoms with E-state index in [0.29, 0.717) is 0 Å². The first-order valence-electron chi connectivity index (χ1n) is 3.40. The number of rotatable bonds is 4. The van der Waals surface area contributed by atoms with E-state index in [1.807, 2.05) is 0 Å². The molecular formula is C6H3F7O3. The Morgan fingerprint density at radius 1 is 0.875 bits per heavy atom. The smallest absolute Gasteiger partial charge is 0.390 e. The van der Waals surface area contributed by atoms with Gasteiger partial charge in [-0.25, -0.2) is 0 Å². The van der Waals surface area contributed by atoms with E-state index in [0.717, 1.165) is 0 Å². The third kappa shape index (κ3) is 2.68. The van der Waals surface area contributed by atoms with Crippen molar-refractivity contribution in [1.82, 2.24) is 0 Å². The monoisotopic (exact) mass is 256 g/mol. The Balaban J connectivity index is 5.24. The van der Waals surface area contributed by atoms with E-state index in [1.54, 1.807) is 0 Å². The van der Waals surface area contributed by atoms with Crippen molar-refractivity contribution in [2.75, 3.05) is 6.61 Å². The van der Waals surface area contributed by atoms with Crippen LogP contribution in [-0.4, -0.2) is 41.3 Å². The summed E-state index contributed by atoms with van der Waals surface area (Å²) in [5.41, 5.74) is 0. The summed E-state index contributed by atoms with van der Waals surface area (Å²) in [7, 11) is 0. The van der Waals surface area contributed by atoms with E-state index in [9.17, 15) is 40.3 Å². The van der Waals surface area contributed by atoms with Crippen LogP contribution in [-0.2, 0) is 9.59 Å². The van der Waals surface area contributed by atoms with E-state index in [1.165, 1.54) is 0 Å². The maximum absolute atomic E-state index is 12.4. The molecule has 0 aromatic heterocycles. The summed E-state index contributed by atoms with van der Waals surface area (Å²) < 4.78 is 83.7. The average molecular weight is 256 g/mol. The quantitative estimate of drug-likeness (QED) is 0.601. The number of hydrogen-bond acceptors (Lipinski definition) is 3. The Bertz CT molecular complexity index is 306. The second kappa shape index (κ2) is 4.00. The summed E-state index contributed by atoms with van der Waals surface area (Å²) in [5, 5.41) is 7.82. The molecule has 0 heterocycles. The number of ketones is 2. The van der Waals surface area contributed by atoms with Gasteiger partial charge in [0.2, 0.25) is 0 Å². The number of alkyl halides is 7. The van der Waals surface area contributed by atoms with Crippen molar-refractivity contribution in [1.29, 1.82) is 0 Å². The molecule has 0 radical (unpaired) electrons. The number of carbonyl (C=O) groups is 2. The molecule has 0 saturated heterocycles. The van der Waals surface area contributed by atoms with Gasteiger partial charge in [-0.3, -0.25) is 9.59 Å². The minimum absolute atomic E-state index is 2.42. The van der Waals surface area contributed by atoms with Gasteiger partial charge in [0.05, 0.1) is 0 Å². The van der Waals surface area contributed by atoms with Crippen LogP contribution in [0.2, 0.25) is 0 Å². The lowest BCUT2D eigenvalue weighted by Gasteiger charge is -2.19. The Kier molecular flexibility index (Phi) is 3.70. The SMILES string of the molecule is O=C(C(F)(F)F)C(F)(F)C(=O)C(F)(F)CO. The first-order valence-corrected chi connectivity index (χ1v) is 3.40. The number of carbonyl (C=O) groups excluding carboxylic acids is 2. The lowest BCUT2D eigenvalue weighted by molar-refractivity contribution is -0.204. The summed E-state index contributed by atoms with van der Waals surface area (Å²) in [5.74, 6) is -18.5. The van der Waals surface area contributed by atoms with E-state index in [4.69, 9.17) is 5.11 Å². The van der Waals surface area contributed by atoms with E-state index < -0.39 is 36.2 Å². The molecule has 10 heteroatoms. The van der Waals surface area contributed by atoms with Crippen molar-refractivity contribution in [2.45, 2.75) is 18.0 Å². The highest BCUT2D eigenvalue weighted by Crippen LogP contribution is 2.33. The van der Waals surface area contributed by atoms with Crippen molar-refractivity contribution in [3.63, 3.8) is 0 Å². The minimum Gasteiger partial charge on any atom is -0.390 e. The lowest BCUT2D eigenvalue weighted by Crippen LogP contribution is -2.53. The third-order valence-corrected chi connectivity index (χ3v) is 1.36. The first-order chi connectivity index (χ1) is 6.87. The van der Waals surface area contributed by atoms with Gasteiger partial charge in [-0.05, 0) is 0 Å². The van der Waals surface area contributed by atoms with Crippen molar-refractivity contribution >= 4 is 11.6 Å². The minimum atomic E-state index is -6.13. The van der Waals surface area contributed by atoms with Gasteiger partial charge < -0.3 is 5.11 Å². The molecule has 0 aromatic carbocycles. The van der Waals surface area contributed by atoms with E-state index in [-0.39, 0.29) is 0 Å². The van der Waals surface area contributed by atoms with Gasteiger partial charge in [0, 0.05) is 0 Å². The molecule has 16 heavy (non-hydrogen) atoms. The van der Waals surface area contributed by atoms with Crippen molar-refractivity contribution < 1.29 is 45.4 Å². The Labute approximate surface area is 82.8 Å². The molecular weight excluding hydrogens is 253 g/mol. The second-order valence-electron chi connectivity index (χ2n) is 2.59. The third-order valence-electron chi connectivity index (χ3n) is 1.36. The molecule has 0 fully saturated rings. The van der Waals surface area contributed by atoms with Crippen LogP contribution in [0.25, 0.3) is 0 Å². The van der Waals surface area contributed by atoms with Crippen LogP contribution in [0.5, 0.6) is 0 Å². The Hall–Kier alpha value is -1.19. The molecule has 1 N–H and O–H groups in total. The molecule has 0 bridgehead atoms. The van der Waals surface area contributed by atoms with E-state index >= 15 is 0 Å². The molecule has 94 valence electrons. The van der Waals surface area contributed by atoms with Crippen molar-refractivity contribution in [3.8, 4) is 0 Å². The highest BCUT2D eigenvalue weighted by molar-refractivity contribution is 6.13. The zero-order valence-electron chi connectivity index (χ0n) is 7.12. The molecule has 0 aliphatic heterocycles. The summed E-state index contributed by atoms with van der Waals surface area (Å²) in [4.78, 5) is 20.2. The highest BCUT2D eigenvalue weighted by Gasteiger charge is 2.65.